The molecule has 140 valence electrons. The fraction of sp³-hybridized carbons (Fsp3) is 0.167. The van der Waals surface area contributed by atoms with Crippen molar-refractivity contribution >= 4 is 27.8 Å². The van der Waals surface area contributed by atoms with Crippen LogP contribution in [0.5, 0.6) is 11.6 Å². The van der Waals surface area contributed by atoms with Crippen LogP contribution in [0.3, 0.4) is 0 Å². The van der Waals surface area contributed by atoms with Crippen LogP contribution in [0.4, 0.5) is 10.3 Å². The number of amides is 1. The van der Waals surface area contributed by atoms with Gasteiger partial charge in [0.25, 0.3) is 5.91 Å². The maximum absolute atomic E-state index is 13.2. The molecule has 0 aliphatic heterocycles. The third kappa shape index (κ3) is 4.69. The molecule has 27 heavy (non-hydrogen) atoms. The number of benzene rings is 1. The average molecular weight is 435 g/mol. The Bertz CT molecular complexity index is 948. The number of imidazole rings is 1. The van der Waals surface area contributed by atoms with Gasteiger partial charge in [0, 0.05) is 32.2 Å². The summed E-state index contributed by atoms with van der Waals surface area (Å²) in [6.07, 6.45) is 4.83. The van der Waals surface area contributed by atoms with Crippen LogP contribution in [0.25, 0.3) is 0 Å². The molecule has 1 N–H and O–H groups in total. The number of pyridine rings is 1. The summed E-state index contributed by atoms with van der Waals surface area (Å²) in [4.78, 5) is 21.0. The number of anilines is 1. The summed E-state index contributed by atoms with van der Waals surface area (Å²) in [7, 11) is 1.60. The average Bonchev–Trinajstić information content (AvgIpc) is 3.09. The lowest BCUT2D eigenvalue weighted by molar-refractivity contribution is 0.102. The van der Waals surface area contributed by atoms with Gasteiger partial charge >= 0.3 is 0 Å². The Balaban J connectivity index is 1.81. The van der Waals surface area contributed by atoms with Crippen molar-refractivity contribution in [1.29, 1.82) is 0 Å². The third-order valence-corrected chi connectivity index (χ3v) is 4.21. The molecule has 0 aliphatic rings. The molecular formula is C18H16BrFN4O3. The maximum Gasteiger partial charge on any atom is 0.263 e. The van der Waals surface area contributed by atoms with Gasteiger partial charge in [0.15, 0.2) is 0 Å². The molecule has 3 rings (SSSR count). The normalized spacial score (nSPS) is 10.6. The van der Waals surface area contributed by atoms with Gasteiger partial charge in [-0.05, 0) is 46.3 Å². The highest BCUT2D eigenvalue weighted by atomic mass is 79.9. The number of ether oxygens (including phenoxy) is 2. The Morgan fingerprint density at radius 1 is 1.30 bits per heavy atom. The van der Waals surface area contributed by atoms with Crippen molar-refractivity contribution in [1.82, 2.24) is 14.5 Å². The van der Waals surface area contributed by atoms with Crippen LogP contribution >= 0.6 is 15.9 Å². The molecule has 0 spiro atoms. The van der Waals surface area contributed by atoms with Gasteiger partial charge < -0.3 is 14.0 Å². The number of carbonyl (C=O) groups excluding carboxylic acids is 1. The van der Waals surface area contributed by atoms with Gasteiger partial charge in [-0.3, -0.25) is 10.1 Å². The molecule has 0 fully saturated rings. The molecule has 0 saturated heterocycles. The van der Waals surface area contributed by atoms with Crippen molar-refractivity contribution in [3.05, 3.63) is 64.8 Å². The zero-order valence-corrected chi connectivity index (χ0v) is 15.9. The van der Waals surface area contributed by atoms with Crippen LogP contribution in [0.1, 0.15) is 10.4 Å². The summed E-state index contributed by atoms with van der Waals surface area (Å²) < 4.78 is 26.2. The van der Waals surface area contributed by atoms with Crippen LogP contribution < -0.4 is 10.1 Å². The fourth-order valence-corrected chi connectivity index (χ4v) is 2.71. The van der Waals surface area contributed by atoms with Gasteiger partial charge in [0.2, 0.25) is 11.8 Å². The molecule has 3 aromatic rings. The second-order valence-corrected chi connectivity index (χ2v) is 6.28. The summed E-state index contributed by atoms with van der Waals surface area (Å²) in [5.74, 6) is -0.0184. The summed E-state index contributed by atoms with van der Waals surface area (Å²) in [6.45, 7) is 1.03. The summed E-state index contributed by atoms with van der Waals surface area (Å²) in [6, 6.07) is 7.18. The molecule has 0 bridgehead atoms. The first-order valence-electron chi connectivity index (χ1n) is 7.98. The van der Waals surface area contributed by atoms with E-state index in [1.807, 2.05) is 0 Å². The Labute approximate surface area is 163 Å². The van der Waals surface area contributed by atoms with Crippen molar-refractivity contribution < 1.29 is 18.7 Å². The maximum atomic E-state index is 13.2. The van der Waals surface area contributed by atoms with E-state index in [-0.39, 0.29) is 11.4 Å². The minimum Gasteiger partial charge on any atom is -0.437 e. The summed E-state index contributed by atoms with van der Waals surface area (Å²) in [5, 5.41) is 2.73. The van der Waals surface area contributed by atoms with Crippen LogP contribution in [-0.2, 0) is 11.3 Å². The van der Waals surface area contributed by atoms with Gasteiger partial charge in [0.05, 0.1) is 11.1 Å². The van der Waals surface area contributed by atoms with E-state index >= 15 is 0 Å². The minimum atomic E-state index is -0.429. The number of methoxy groups -OCH3 is 1. The van der Waals surface area contributed by atoms with E-state index in [2.05, 4.69) is 31.2 Å². The van der Waals surface area contributed by atoms with Crippen LogP contribution in [0, 0.1) is 5.82 Å². The molecule has 1 amide bonds. The molecule has 9 heteroatoms. The molecule has 2 aromatic heterocycles. The number of halogens is 2. The van der Waals surface area contributed by atoms with Crippen molar-refractivity contribution in [2.45, 2.75) is 6.54 Å². The van der Waals surface area contributed by atoms with Crippen LogP contribution in [-0.4, -0.2) is 34.2 Å². The van der Waals surface area contributed by atoms with Gasteiger partial charge in [0.1, 0.15) is 17.1 Å². The zero-order chi connectivity index (χ0) is 19.2. The van der Waals surface area contributed by atoms with Crippen LogP contribution in [0.2, 0.25) is 0 Å². The second kappa shape index (κ2) is 8.74. The molecular weight excluding hydrogens is 419 g/mol. The third-order valence-electron chi connectivity index (χ3n) is 3.59. The fourth-order valence-electron chi connectivity index (χ4n) is 2.28. The molecule has 0 radical (unpaired) electrons. The molecule has 0 unspecified atom stereocenters. The van der Waals surface area contributed by atoms with Gasteiger partial charge in [-0.2, -0.15) is 0 Å². The minimum absolute atomic E-state index is 0.0947. The Morgan fingerprint density at radius 2 is 2.15 bits per heavy atom. The number of nitrogens with one attached hydrogen (secondary N) is 1. The predicted octanol–water partition coefficient (Wildman–Crippen LogP) is 3.87. The molecule has 7 nitrogen and oxygen atoms in total. The lowest BCUT2D eigenvalue weighted by Crippen LogP contribution is -2.18. The van der Waals surface area contributed by atoms with Gasteiger partial charge in [-0.25, -0.2) is 14.4 Å². The Hall–Kier alpha value is -2.78. The number of hydrogen-bond donors (Lipinski definition) is 1. The smallest absolute Gasteiger partial charge is 0.263 e. The predicted molar refractivity (Wildman–Crippen MR) is 100 cm³/mol. The van der Waals surface area contributed by atoms with E-state index in [9.17, 15) is 9.18 Å². The lowest BCUT2D eigenvalue weighted by atomic mass is 10.2. The van der Waals surface area contributed by atoms with E-state index in [1.54, 1.807) is 36.2 Å². The van der Waals surface area contributed by atoms with Gasteiger partial charge in [-0.1, -0.05) is 0 Å². The summed E-state index contributed by atoms with van der Waals surface area (Å²) >= 11 is 3.23. The first kappa shape index (κ1) is 19.0. The second-order valence-electron chi connectivity index (χ2n) is 5.42. The van der Waals surface area contributed by atoms with Gasteiger partial charge in [-0.15, -0.1) is 0 Å². The molecule has 0 saturated carbocycles. The van der Waals surface area contributed by atoms with E-state index in [1.165, 1.54) is 24.4 Å². The van der Waals surface area contributed by atoms with Crippen molar-refractivity contribution in [2.75, 3.05) is 19.0 Å². The SMILES string of the molecule is COCCn1ccnc1NC(=O)c1cccnc1Oc1ccc(F)cc1Br. The number of rotatable bonds is 7. The van der Waals surface area contributed by atoms with E-state index in [0.29, 0.717) is 29.3 Å². The Kier molecular flexibility index (Phi) is 6.15. The molecule has 2 heterocycles. The molecule has 0 aliphatic carbocycles. The highest BCUT2D eigenvalue weighted by Crippen LogP contribution is 2.31. The first-order valence-corrected chi connectivity index (χ1v) is 8.77. The Morgan fingerprint density at radius 3 is 2.93 bits per heavy atom. The van der Waals surface area contributed by atoms with Crippen molar-refractivity contribution in [3.63, 3.8) is 0 Å². The quantitative estimate of drug-likeness (QED) is 0.610. The van der Waals surface area contributed by atoms with E-state index < -0.39 is 11.7 Å². The highest BCUT2D eigenvalue weighted by Gasteiger charge is 2.17. The first-order chi connectivity index (χ1) is 13.1. The largest absolute Gasteiger partial charge is 0.437 e. The summed E-state index contributed by atoms with van der Waals surface area (Å²) in [5.41, 5.74) is 0.218. The van der Waals surface area contributed by atoms with Crippen LogP contribution in [0.15, 0.2) is 53.4 Å². The van der Waals surface area contributed by atoms with E-state index in [4.69, 9.17) is 9.47 Å². The topological polar surface area (TPSA) is 78.3 Å². The van der Waals surface area contributed by atoms with Crippen molar-refractivity contribution in [3.8, 4) is 11.6 Å². The number of aromatic nitrogens is 3. The lowest BCUT2D eigenvalue weighted by Gasteiger charge is -2.12. The number of nitrogens with zero attached hydrogens (tertiary/aromatic N) is 3. The number of hydrogen-bond acceptors (Lipinski definition) is 5. The number of carbonyl (C=O) groups is 1. The van der Waals surface area contributed by atoms with Crippen molar-refractivity contribution in [2.24, 2.45) is 0 Å². The standard InChI is InChI=1S/C18H16BrFN4O3/c1-26-10-9-24-8-7-22-18(24)23-16(25)13-3-2-6-21-17(13)27-15-5-4-12(20)11-14(15)19/h2-8,11H,9-10H2,1H3,(H,22,23,25). The zero-order valence-electron chi connectivity index (χ0n) is 14.4. The molecule has 0 atom stereocenters. The highest BCUT2D eigenvalue weighted by molar-refractivity contribution is 9.10. The molecule has 1 aromatic carbocycles. The van der Waals surface area contributed by atoms with E-state index in [0.717, 1.165) is 0 Å². The monoisotopic (exact) mass is 434 g/mol.